The van der Waals surface area contributed by atoms with Crippen molar-refractivity contribution in [2.45, 2.75) is 11.8 Å². The van der Waals surface area contributed by atoms with Crippen molar-refractivity contribution in [1.82, 2.24) is 4.98 Å². The highest BCUT2D eigenvalue weighted by Crippen LogP contribution is 2.39. The number of fused-ring (bicyclic) bond motifs is 1. The van der Waals surface area contributed by atoms with Crippen LogP contribution in [0.1, 0.15) is 5.56 Å². The van der Waals surface area contributed by atoms with Gasteiger partial charge in [-0.2, -0.15) is 0 Å². The molecule has 0 amide bonds. The standard InChI is InChI=1S/C24H21FN2O5S/c1-15-5-4-6-17(13-15)33(28,29)27-20-9-7-16(14-19(20)25)32-21-11-12-26-23-18(21)8-10-22(30-2)24(23)31-3/h4-14,27H,1-3H3. The number of nitrogens with one attached hydrogen (secondary N) is 1. The second-order valence-electron chi connectivity index (χ2n) is 7.17. The van der Waals surface area contributed by atoms with E-state index in [2.05, 4.69) is 9.71 Å². The number of rotatable bonds is 7. The van der Waals surface area contributed by atoms with Crippen molar-refractivity contribution in [1.29, 1.82) is 0 Å². The molecule has 4 rings (SSSR count). The van der Waals surface area contributed by atoms with Crippen LogP contribution in [0.25, 0.3) is 10.9 Å². The van der Waals surface area contributed by atoms with E-state index in [-0.39, 0.29) is 16.3 Å². The first-order valence-corrected chi connectivity index (χ1v) is 11.4. The van der Waals surface area contributed by atoms with E-state index >= 15 is 0 Å². The highest BCUT2D eigenvalue weighted by molar-refractivity contribution is 7.92. The van der Waals surface area contributed by atoms with E-state index in [1.165, 1.54) is 38.5 Å². The van der Waals surface area contributed by atoms with E-state index in [4.69, 9.17) is 14.2 Å². The summed E-state index contributed by atoms with van der Waals surface area (Å²) in [5, 5.41) is 0.639. The van der Waals surface area contributed by atoms with Crippen molar-refractivity contribution in [2.24, 2.45) is 0 Å². The van der Waals surface area contributed by atoms with Crippen LogP contribution in [-0.4, -0.2) is 27.6 Å². The van der Waals surface area contributed by atoms with Crippen molar-refractivity contribution in [3.63, 3.8) is 0 Å². The van der Waals surface area contributed by atoms with Gasteiger partial charge < -0.3 is 14.2 Å². The third-order valence-corrected chi connectivity index (χ3v) is 6.29. The van der Waals surface area contributed by atoms with E-state index in [1.54, 1.807) is 43.5 Å². The molecule has 7 nitrogen and oxygen atoms in total. The number of aromatic nitrogens is 1. The topological polar surface area (TPSA) is 86.8 Å². The van der Waals surface area contributed by atoms with Gasteiger partial charge in [0.1, 0.15) is 17.0 Å². The van der Waals surface area contributed by atoms with Crippen LogP contribution < -0.4 is 18.9 Å². The van der Waals surface area contributed by atoms with Gasteiger partial charge in [0, 0.05) is 17.6 Å². The lowest BCUT2D eigenvalue weighted by atomic mass is 10.1. The fourth-order valence-electron chi connectivity index (χ4n) is 3.35. The zero-order valence-corrected chi connectivity index (χ0v) is 18.9. The van der Waals surface area contributed by atoms with Crippen LogP contribution in [0.2, 0.25) is 0 Å². The number of benzene rings is 3. The molecule has 33 heavy (non-hydrogen) atoms. The first-order valence-electron chi connectivity index (χ1n) is 9.89. The number of sulfonamides is 1. The molecule has 0 unspecified atom stereocenters. The fraction of sp³-hybridized carbons (Fsp3) is 0.125. The molecule has 0 fully saturated rings. The minimum absolute atomic E-state index is 0.0508. The van der Waals surface area contributed by atoms with Crippen LogP contribution in [0.3, 0.4) is 0 Å². The molecular weight excluding hydrogens is 447 g/mol. The quantitative estimate of drug-likeness (QED) is 0.396. The van der Waals surface area contributed by atoms with Crippen molar-refractivity contribution in [2.75, 3.05) is 18.9 Å². The van der Waals surface area contributed by atoms with Gasteiger partial charge in [0.25, 0.3) is 10.0 Å². The van der Waals surface area contributed by atoms with Gasteiger partial charge in [-0.1, -0.05) is 12.1 Å². The summed E-state index contributed by atoms with van der Waals surface area (Å²) in [6.45, 7) is 1.78. The summed E-state index contributed by atoms with van der Waals surface area (Å²) < 4.78 is 58.8. The first kappa shape index (κ1) is 22.3. The number of ether oxygens (including phenoxy) is 3. The van der Waals surface area contributed by atoms with Crippen LogP contribution in [-0.2, 0) is 10.0 Å². The first-order chi connectivity index (χ1) is 15.8. The molecule has 1 N–H and O–H groups in total. The predicted octanol–water partition coefficient (Wildman–Crippen LogP) is 5.29. The van der Waals surface area contributed by atoms with Gasteiger partial charge in [0.15, 0.2) is 17.3 Å². The van der Waals surface area contributed by atoms with Crippen LogP contribution in [0.5, 0.6) is 23.0 Å². The fourth-order valence-corrected chi connectivity index (χ4v) is 4.52. The van der Waals surface area contributed by atoms with E-state index < -0.39 is 15.8 Å². The molecule has 0 saturated heterocycles. The Bertz CT molecular complexity index is 1440. The predicted molar refractivity (Wildman–Crippen MR) is 123 cm³/mol. The Kier molecular flexibility index (Phi) is 6.06. The third-order valence-electron chi connectivity index (χ3n) is 4.93. The summed E-state index contributed by atoms with van der Waals surface area (Å²) in [4.78, 5) is 4.38. The summed E-state index contributed by atoms with van der Waals surface area (Å²) in [6.07, 6.45) is 1.54. The smallest absolute Gasteiger partial charge is 0.261 e. The van der Waals surface area contributed by atoms with E-state index in [1.807, 2.05) is 0 Å². The summed E-state index contributed by atoms with van der Waals surface area (Å²) in [6, 6.07) is 15.4. The van der Waals surface area contributed by atoms with E-state index in [9.17, 15) is 12.8 Å². The summed E-state index contributed by atoms with van der Waals surface area (Å²) in [5.41, 5.74) is 1.12. The second kappa shape index (κ2) is 8.95. The summed E-state index contributed by atoms with van der Waals surface area (Å²) in [5.74, 6) is 0.807. The number of methoxy groups -OCH3 is 2. The Morgan fingerprint density at radius 3 is 2.45 bits per heavy atom. The number of halogens is 1. The maximum atomic E-state index is 14.8. The molecular formula is C24H21FN2O5S. The van der Waals surface area contributed by atoms with E-state index in [0.717, 1.165) is 11.6 Å². The summed E-state index contributed by atoms with van der Waals surface area (Å²) in [7, 11) is -0.896. The molecule has 4 aromatic rings. The molecule has 0 saturated carbocycles. The number of nitrogens with zero attached hydrogens (tertiary/aromatic N) is 1. The largest absolute Gasteiger partial charge is 0.493 e. The normalized spacial score (nSPS) is 11.3. The Hall–Kier alpha value is -3.85. The maximum Gasteiger partial charge on any atom is 0.261 e. The molecule has 1 heterocycles. The molecule has 0 bridgehead atoms. The Balaban J connectivity index is 1.62. The van der Waals surface area contributed by atoms with Crippen LogP contribution in [0.4, 0.5) is 10.1 Å². The monoisotopic (exact) mass is 468 g/mol. The molecule has 0 aliphatic carbocycles. The van der Waals surface area contributed by atoms with Gasteiger partial charge in [-0.15, -0.1) is 0 Å². The van der Waals surface area contributed by atoms with Crippen LogP contribution >= 0.6 is 0 Å². The van der Waals surface area contributed by atoms with Crippen molar-refractivity contribution >= 4 is 26.6 Å². The molecule has 0 aliphatic heterocycles. The minimum atomic E-state index is -3.94. The Morgan fingerprint density at radius 1 is 0.939 bits per heavy atom. The number of hydrogen-bond acceptors (Lipinski definition) is 6. The molecule has 0 aliphatic rings. The zero-order valence-electron chi connectivity index (χ0n) is 18.1. The summed E-state index contributed by atoms with van der Waals surface area (Å²) >= 11 is 0. The molecule has 0 atom stereocenters. The number of anilines is 1. The minimum Gasteiger partial charge on any atom is -0.493 e. The molecule has 9 heteroatoms. The molecule has 0 spiro atoms. The van der Waals surface area contributed by atoms with Gasteiger partial charge in [0.05, 0.1) is 24.8 Å². The molecule has 170 valence electrons. The zero-order chi connectivity index (χ0) is 23.6. The maximum absolute atomic E-state index is 14.8. The Labute approximate surface area is 190 Å². The highest BCUT2D eigenvalue weighted by Gasteiger charge is 2.18. The third kappa shape index (κ3) is 4.54. The van der Waals surface area contributed by atoms with Crippen LogP contribution in [0.15, 0.2) is 71.8 Å². The molecule has 0 radical (unpaired) electrons. The lowest BCUT2D eigenvalue weighted by Crippen LogP contribution is -2.14. The average Bonchev–Trinajstić information content (AvgIpc) is 2.80. The lowest BCUT2D eigenvalue weighted by Gasteiger charge is -2.14. The SMILES string of the molecule is COc1ccc2c(Oc3ccc(NS(=O)(=O)c4cccc(C)c4)c(F)c3)ccnc2c1OC. The van der Waals surface area contributed by atoms with Crippen LogP contribution in [0, 0.1) is 12.7 Å². The molecule has 3 aromatic carbocycles. The van der Waals surface area contributed by atoms with Gasteiger partial charge in [-0.05, 0) is 55.0 Å². The van der Waals surface area contributed by atoms with Gasteiger partial charge in [0.2, 0.25) is 0 Å². The van der Waals surface area contributed by atoms with Crippen molar-refractivity contribution in [3.8, 4) is 23.0 Å². The lowest BCUT2D eigenvalue weighted by molar-refractivity contribution is 0.358. The number of pyridine rings is 1. The van der Waals surface area contributed by atoms with Gasteiger partial charge in [-0.25, -0.2) is 12.8 Å². The number of aryl methyl sites for hydroxylation is 1. The van der Waals surface area contributed by atoms with Crippen molar-refractivity contribution in [3.05, 3.63) is 78.2 Å². The number of hydrogen-bond donors (Lipinski definition) is 1. The van der Waals surface area contributed by atoms with Gasteiger partial charge in [-0.3, -0.25) is 9.71 Å². The van der Waals surface area contributed by atoms with Gasteiger partial charge >= 0.3 is 0 Å². The molecule has 1 aromatic heterocycles. The highest BCUT2D eigenvalue weighted by atomic mass is 32.2. The second-order valence-corrected chi connectivity index (χ2v) is 8.85. The Morgan fingerprint density at radius 2 is 1.76 bits per heavy atom. The van der Waals surface area contributed by atoms with E-state index in [0.29, 0.717) is 28.2 Å². The van der Waals surface area contributed by atoms with Crippen molar-refractivity contribution < 1.29 is 27.0 Å². The average molecular weight is 469 g/mol.